The Morgan fingerprint density at radius 2 is 2.14 bits per heavy atom. The standard InChI is InChI=1S/C16H21N5O/c1-2-14-9-15(22-19-14)12-20-5-7-21(8-6-20)16-4-3-13(10-17)11-18-16/h3-4,11,15H,2,5-9,12H2,1H3. The van der Waals surface area contributed by atoms with Gasteiger partial charge in [-0.25, -0.2) is 4.98 Å². The number of piperazine rings is 1. The quantitative estimate of drug-likeness (QED) is 0.845. The Hall–Kier alpha value is -2.13. The van der Waals surface area contributed by atoms with Crippen LogP contribution in [0.3, 0.4) is 0 Å². The minimum Gasteiger partial charge on any atom is -0.391 e. The van der Waals surface area contributed by atoms with Crippen LogP contribution in [0.25, 0.3) is 0 Å². The number of rotatable bonds is 4. The molecule has 22 heavy (non-hydrogen) atoms. The summed E-state index contributed by atoms with van der Waals surface area (Å²) in [6.45, 7) is 6.97. The van der Waals surface area contributed by atoms with Crippen LogP contribution in [0.2, 0.25) is 0 Å². The highest BCUT2D eigenvalue weighted by Gasteiger charge is 2.25. The molecule has 0 amide bonds. The molecule has 3 heterocycles. The molecule has 3 rings (SSSR count). The van der Waals surface area contributed by atoms with Gasteiger partial charge in [0.1, 0.15) is 18.0 Å². The predicted molar refractivity (Wildman–Crippen MR) is 84.8 cm³/mol. The molecule has 0 aromatic carbocycles. The minimum atomic E-state index is 0.217. The zero-order valence-electron chi connectivity index (χ0n) is 12.9. The topological polar surface area (TPSA) is 64.8 Å². The average molecular weight is 299 g/mol. The highest BCUT2D eigenvalue weighted by atomic mass is 16.6. The first kappa shape index (κ1) is 14.8. The second-order valence-electron chi connectivity index (χ2n) is 5.75. The van der Waals surface area contributed by atoms with Crippen molar-refractivity contribution in [1.29, 1.82) is 5.26 Å². The number of hydrogen-bond acceptors (Lipinski definition) is 6. The predicted octanol–water partition coefficient (Wildman–Crippen LogP) is 1.63. The third-order valence-corrected chi connectivity index (χ3v) is 4.24. The van der Waals surface area contributed by atoms with Crippen LogP contribution in [-0.2, 0) is 4.84 Å². The Labute approximate surface area is 131 Å². The largest absolute Gasteiger partial charge is 0.391 e. The zero-order chi connectivity index (χ0) is 15.4. The van der Waals surface area contributed by atoms with E-state index >= 15 is 0 Å². The molecule has 0 spiro atoms. The number of nitrogens with zero attached hydrogens (tertiary/aromatic N) is 5. The smallest absolute Gasteiger partial charge is 0.145 e. The van der Waals surface area contributed by atoms with Crippen molar-refractivity contribution >= 4 is 11.5 Å². The van der Waals surface area contributed by atoms with E-state index in [1.165, 1.54) is 5.71 Å². The highest BCUT2D eigenvalue weighted by Crippen LogP contribution is 2.17. The first-order valence-electron chi connectivity index (χ1n) is 7.83. The fraction of sp³-hybridized carbons (Fsp3) is 0.562. The number of pyridine rings is 1. The Morgan fingerprint density at radius 1 is 1.32 bits per heavy atom. The molecule has 116 valence electrons. The summed E-state index contributed by atoms with van der Waals surface area (Å²) in [5.74, 6) is 0.951. The van der Waals surface area contributed by atoms with Gasteiger partial charge >= 0.3 is 0 Å². The zero-order valence-corrected chi connectivity index (χ0v) is 12.9. The van der Waals surface area contributed by atoms with E-state index in [-0.39, 0.29) is 6.10 Å². The number of nitriles is 1. The Balaban J connectivity index is 1.47. The molecular formula is C16H21N5O. The Bertz CT molecular complexity index is 569. The van der Waals surface area contributed by atoms with E-state index in [1.54, 1.807) is 6.20 Å². The van der Waals surface area contributed by atoms with Gasteiger partial charge in [0, 0.05) is 45.3 Å². The van der Waals surface area contributed by atoms with Gasteiger partial charge in [-0.3, -0.25) is 4.90 Å². The van der Waals surface area contributed by atoms with Crippen LogP contribution >= 0.6 is 0 Å². The fourth-order valence-corrected chi connectivity index (χ4v) is 2.88. The second kappa shape index (κ2) is 6.75. The summed E-state index contributed by atoms with van der Waals surface area (Å²) in [6, 6.07) is 5.85. The number of oxime groups is 1. The lowest BCUT2D eigenvalue weighted by Crippen LogP contribution is -2.48. The van der Waals surface area contributed by atoms with Crippen molar-refractivity contribution < 1.29 is 4.84 Å². The van der Waals surface area contributed by atoms with Crippen LogP contribution in [0.4, 0.5) is 5.82 Å². The van der Waals surface area contributed by atoms with E-state index in [9.17, 15) is 0 Å². The third-order valence-electron chi connectivity index (χ3n) is 4.24. The molecule has 6 heteroatoms. The molecule has 0 N–H and O–H groups in total. The van der Waals surface area contributed by atoms with Crippen molar-refractivity contribution in [2.75, 3.05) is 37.6 Å². The van der Waals surface area contributed by atoms with E-state index in [2.05, 4.69) is 32.9 Å². The van der Waals surface area contributed by atoms with Gasteiger partial charge in [-0.15, -0.1) is 0 Å². The lowest BCUT2D eigenvalue weighted by Gasteiger charge is -2.36. The number of aromatic nitrogens is 1. The van der Waals surface area contributed by atoms with Crippen molar-refractivity contribution in [3.8, 4) is 6.07 Å². The van der Waals surface area contributed by atoms with Crippen molar-refractivity contribution in [3.05, 3.63) is 23.9 Å². The summed E-state index contributed by atoms with van der Waals surface area (Å²) in [5.41, 5.74) is 1.78. The van der Waals surface area contributed by atoms with Gasteiger partial charge in [-0.05, 0) is 18.6 Å². The molecule has 1 aromatic rings. The summed E-state index contributed by atoms with van der Waals surface area (Å²) < 4.78 is 0. The molecule has 6 nitrogen and oxygen atoms in total. The fourth-order valence-electron chi connectivity index (χ4n) is 2.88. The molecule has 0 aliphatic carbocycles. The monoisotopic (exact) mass is 299 g/mol. The van der Waals surface area contributed by atoms with Crippen LogP contribution in [0, 0.1) is 11.3 Å². The van der Waals surface area contributed by atoms with E-state index in [1.807, 2.05) is 12.1 Å². The molecular weight excluding hydrogens is 278 g/mol. The normalized spacial score (nSPS) is 22.1. The van der Waals surface area contributed by atoms with Gasteiger partial charge in [0.25, 0.3) is 0 Å². The molecule has 0 saturated carbocycles. The Kier molecular flexibility index (Phi) is 4.54. The van der Waals surface area contributed by atoms with Crippen molar-refractivity contribution in [2.45, 2.75) is 25.9 Å². The van der Waals surface area contributed by atoms with Crippen LogP contribution in [-0.4, -0.2) is 54.4 Å². The van der Waals surface area contributed by atoms with E-state index in [4.69, 9.17) is 10.1 Å². The second-order valence-corrected chi connectivity index (χ2v) is 5.75. The van der Waals surface area contributed by atoms with Crippen molar-refractivity contribution in [3.63, 3.8) is 0 Å². The highest BCUT2D eigenvalue weighted by molar-refractivity contribution is 5.85. The first-order chi connectivity index (χ1) is 10.8. The molecule has 1 atom stereocenters. The van der Waals surface area contributed by atoms with Crippen LogP contribution < -0.4 is 4.90 Å². The van der Waals surface area contributed by atoms with Gasteiger partial charge in [-0.2, -0.15) is 5.26 Å². The van der Waals surface area contributed by atoms with Crippen LogP contribution in [0.5, 0.6) is 0 Å². The van der Waals surface area contributed by atoms with Crippen LogP contribution in [0.1, 0.15) is 25.3 Å². The maximum atomic E-state index is 8.81. The van der Waals surface area contributed by atoms with Crippen LogP contribution in [0.15, 0.2) is 23.5 Å². The van der Waals surface area contributed by atoms with Crippen molar-refractivity contribution in [2.24, 2.45) is 5.16 Å². The maximum Gasteiger partial charge on any atom is 0.145 e. The van der Waals surface area contributed by atoms with E-state index < -0.39 is 0 Å². The molecule has 1 saturated heterocycles. The van der Waals surface area contributed by atoms with E-state index in [0.717, 1.165) is 51.4 Å². The number of anilines is 1. The lowest BCUT2D eigenvalue weighted by atomic mass is 10.1. The molecule has 1 fully saturated rings. The van der Waals surface area contributed by atoms with Gasteiger partial charge in [0.15, 0.2) is 0 Å². The molecule has 0 bridgehead atoms. The minimum absolute atomic E-state index is 0.217. The molecule has 1 aromatic heterocycles. The molecule has 1 unspecified atom stereocenters. The van der Waals surface area contributed by atoms with Gasteiger partial charge in [-0.1, -0.05) is 12.1 Å². The maximum absolute atomic E-state index is 8.81. The summed E-state index contributed by atoms with van der Waals surface area (Å²) in [6.07, 6.45) is 3.80. The molecule has 2 aliphatic rings. The summed E-state index contributed by atoms with van der Waals surface area (Å²) >= 11 is 0. The first-order valence-corrected chi connectivity index (χ1v) is 7.83. The van der Waals surface area contributed by atoms with E-state index in [0.29, 0.717) is 5.56 Å². The van der Waals surface area contributed by atoms with Gasteiger partial charge in [0.2, 0.25) is 0 Å². The molecule has 2 aliphatic heterocycles. The SMILES string of the molecule is CCC1=NOC(CN2CCN(c3ccc(C#N)cn3)CC2)C1. The van der Waals surface area contributed by atoms with Crippen molar-refractivity contribution in [1.82, 2.24) is 9.88 Å². The molecule has 0 radical (unpaired) electrons. The summed E-state index contributed by atoms with van der Waals surface area (Å²) in [7, 11) is 0. The Morgan fingerprint density at radius 3 is 2.73 bits per heavy atom. The third kappa shape index (κ3) is 3.37. The average Bonchev–Trinajstić information content (AvgIpc) is 3.03. The lowest BCUT2D eigenvalue weighted by molar-refractivity contribution is 0.0510. The van der Waals surface area contributed by atoms with Gasteiger partial charge in [0.05, 0.1) is 11.3 Å². The number of hydrogen-bond donors (Lipinski definition) is 0. The summed E-state index contributed by atoms with van der Waals surface area (Å²) in [5, 5.41) is 12.9. The van der Waals surface area contributed by atoms with Gasteiger partial charge < -0.3 is 9.74 Å². The summed E-state index contributed by atoms with van der Waals surface area (Å²) in [4.78, 5) is 14.5.